The molecule has 1 aliphatic rings. The van der Waals surface area contributed by atoms with E-state index in [-0.39, 0.29) is 0 Å². The van der Waals surface area contributed by atoms with Crippen LogP contribution in [0, 0.1) is 13.8 Å². The highest BCUT2D eigenvalue weighted by Crippen LogP contribution is 2.23. The van der Waals surface area contributed by atoms with Gasteiger partial charge in [0.25, 0.3) is 0 Å². The third-order valence-electron chi connectivity index (χ3n) is 4.06. The molecule has 0 bridgehead atoms. The third-order valence-corrected chi connectivity index (χ3v) is 4.80. The number of rotatable bonds is 3. The Balaban J connectivity index is 1.62. The van der Waals surface area contributed by atoms with E-state index < -0.39 is 0 Å². The fourth-order valence-electron chi connectivity index (χ4n) is 2.85. The fourth-order valence-corrected chi connectivity index (χ4v) is 3.51. The molecule has 1 saturated heterocycles. The van der Waals surface area contributed by atoms with Gasteiger partial charge in [-0.1, -0.05) is 12.1 Å². The first-order chi connectivity index (χ1) is 9.72. The van der Waals surface area contributed by atoms with E-state index in [0.29, 0.717) is 0 Å². The Labute approximate surface area is 125 Å². The molecular formula is C17H22N2S. The molecule has 0 unspecified atom stereocenters. The summed E-state index contributed by atoms with van der Waals surface area (Å²) in [5.74, 6) is 0. The summed E-state index contributed by atoms with van der Waals surface area (Å²) in [5.41, 5.74) is 5.61. The Morgan fingerprint density at radius 1 is 1.05 bits per heavy atom. The number of anilines is 1. The molecule has 1 aliphatic heterocycles. The lowest BCUT2D eigenvalue weighted by atomic mass is 10.1. The first-order valence-electron chi connectivity index (χ1n) is 7.28. The van der Waals surface area contributed by atoms with Gasteiger partial charge >= 0.3 is 0 Å². The second-order valence-corrected chi connectivity index (χ2v) is 6.46. The summed E-state index contributed by atoms with van der Waals surface area (Å²) in [6.07, 6.45) is 0. The summed E-state index contributed by atoms with van der Waals surface area (Å²) in [7, 11) is 0. The van der Waals surface area contributed by atoms with Gasteiger partial charge in [-0.05, 0) is 53.4 Å². The molecule has 0 aliphatic carbocycles. The molecule has 2 nitrogen and oxygen atoms in total. The number of piperazine rings is 1. The fraction of sp³-hybridized carbons (Fsp3) is 0.412. The number of thiophene rings is 1. The smallest absolute Gasteiger partial charge is 0.0399 e. The molecule has 0 saturated carbocycles. The van der Waals surface area contributed by atoms with Crippen LogP contribution in [-0.2, 0) is 6.54 Å². The Bertz CT molecular complexity index is 554. The maximum Gasteiger partial charge on any atom is 0.0399 e. The highest BCUT2D eigenvalue weighted by Gasteiger charge is 2.18. The lowest BCUT2D eigenvalue weighted by Crippen LogP contribution is -2.46. The molecule has 1 aromatic carbocycles. The van der Waals surface area contributed by atoms with Crippen molar-refractivity contribution in [2.45, 2.75) is 20.4 Å². The average Bonchev–Trinajstić information content (AvgIpc) is 2.95. The molecule has 0 atom stereocenters. The zero-order valence-electron chi connectivity index (χ0n) is 12.3. The summed E-state index contributed by atoms with van der Waals surface area (Å²) in [5, 5.41) is 4.43. The van der Waals surface area contributed by atoms with Crippen molar-refractivity contribution in [2.24, 2.45) is 0 Å². The Morgan fingerprint density at radius 3 is 2.55 bits per heavy atom. The van der Waals surface area contributed by atoms with Crippen LogP contribution in [-0.4, -0.2) is 31.1 Å². The standard InChI is InChI=1S/C17H22N2S/c1-14-3-4-15(2)17(11-14)19-8-6-18(7-9-19)12-16-5-10-20-13-16/h3-5,10-11,13H,6-9,12H2,1-2H3. The van der Waals surface area contributed by atoms with E-state index >= 15 is 0 Å². The van der Waals surface area contributed by atoms with E-state index in [9.17, 15) is 0 Å². The molecule has 106 valence electrons. The van der Waals surface area contributed by atoms with Crippen molar-refractivity contribution in [3.05, 3.63) is 51.7 Å². The minimum absolute atomic E-state index is 1.10. The van der Waals surface area contributed by atoms with Crippen LogP contribution in [0.1, 0.15) is 16.7 Å². The van der Waals surface area contributed by atoms with E-state index in [1.54, 1.807) is 11.3 Å². The SMILES string of the molecule is Cc1ccc(C)c(N2CCN(Cc3ccsc3)CC2)c1. The van der Waals surface area contributed by atoms with Crippen LogP contribution < -0.4 is 4.90 Å². The van der Waals surface area contributed by atoms with Crippen LogP contribution in [0.15, 0.2) is 35.0 Å². The summed E-state index contributed by atoms with van der Waals surface area (Å²) in [6, 6.07) is 9.00. The second-order valence-electron chi connectivity index (χ2n) is 5.68. The predicted octanol–water partition coefficient (Wildman–Crippen LogP) is 3.69. The lowest BCUT2D eigenvalue weighted by molar-refractivity contribution is 0.250. The minimum atomic E-state index is 1.10. The molecule has 2 heterocycles. The van der Waals surface area contributed by atoms with Crippen molar-refractivity contribution >= 4 is 17.0 Å². The molecule has 1 fully saturated rings. The average molecular weight is 286 g/mol. The molecule has 0 N–H and O–H groups in total. The van der Waals surface area contributed by atoms with Gasteiger partial charge in [0.15, 0.2) is 0 Å². The number of benzene rings is 1. The predicted molar refractivity (Wildman–Crippen MR) is 87.7 cm³/mol. The normalized spacial score (nSPS) is 16.6. The van der Waals surface area contributed by atoms with Gasteiger partial charge in [-0.25, -0.2) is 0 Å². The van der Waals surface area contributed by atoms with E-state index in [0.717, 1.165) is 32.7 Å². The molecule has 3 rings (SSSR count). The van der Waals surface area contributed by atoms with Gasteiger partial charge < -0.3 is 4.90 Å². The van der Waals surface area contributed by atoms with Gasteiger partial charge in [-0.3, -0.25) is 4.90 Å². The van der Waals surface area contributed by atoms with Crippen LogP contribution in [0.5, 0.6) is 0 Å². The van der Waals surface area contributed by atoms with Crippen molar-refractivity contribution in [1.29, 1.82) is 0 Å². The van der Waals surface area contributed by atoms with Crippen molar-refractivity contribution in [3.8, 4) is 0 Å². The molecule has 0 spiro atoms. The van der Waals surface area contributed by atoms with Crippen molar-refractivity contribution in [1.82, 2.24) is 4.90 Å². The third kappa shape index (κ3) is 3.05. The quantitative estimate of drug-likeness (QED) is 0.849. The van der Waals surface area contributed by atoms with E-state index in [4.69, 9.17) is 0 Å². The Kier molecular flexibility index (Phi) is 4.08. The molecule has 3 heteroatoms. The van der Waals surface area contributed by atoms with E-state index in [2.05, 4.69) is 58.7 Å². The maximum absolute atomic E-state index is 2.56. The van der Waals surface area contributed by atoms with Gasteiger partial charge in [0.1, 0.15) is 0 Å². The molecule has 2 aromatic rings. The van der Waals surface area contributed by atoms with Crippen LogP contribution in [0.4, 0.5) is 5.69 Å². The van der Waals surface area contributed by atoms with Gasteiger partial charge in [-0.15, -0.1) is 0 Å². The van der Waals surface area contributed by atoms with Gasteiger partial charge in [0.05, 0.1) is 0 Å². The summed E-state index contributed by atoms with van der Waals surface area (Å²) >= 11 is 1.79. The Morgan fingerprint density at radius 2 is 1.85 bits per heavy atom. The second kappa shape index (κ2) is 5.98. The van der Waals surface area contributed by atoms with Gasteiger partial charge in [0.2, 0.25) is 0 Å². The number of nitrogens with zero attached hydrogens (tertiary/aromatic N) is 2. The van der Waals surface area contributed by atoms with Crippen molar-refractivity contribution in [3.63, 3.8) is 0 Å². The molecule has 0 amide bonds. The van der Waals surface area contributed by atoms with Crippen LogP contribution >= 0.6 is 11.3 Å². The molecule has 20 heavy (non-hydrogen) atoms. The topological polar surface area (TPSA) is 6.48 Å². The lowest BCUT2D eigenvalue weighted by Gasteiger charge is -2.36. The van der Waals surface area contributed by atoms with E-state index in [1.165, 1.54) is 22.4 Å². The van der Waals surface area contributed by atoms with Crippen LogP contribution in [0.25, 0.3) is 0 Å². The Hall–Kier alpha value is -1.32. The van der Waals surface area contributed by atoms with Crippen LogP contribution in [0.2, 0.25) is 0 Å². The molecule has 1 aromatic heterocycles. The number of hydrogen-bond donors (Lipinski definition) is 0. The highest BCUT2D eigenvalue weighted by molar-refractivity contribution is 7.07. The largest absolute Gasteiger partial charge is 0.369 e. The zero-order chi connectivity index (χ0) is 13.9. The number of hydrogen-bond acceptors (Lipinski definition) is 3. The van der Waals surface area contributed by atoms with Crippen molar-refractivity contribution in [2.75, 3.05) is 31.1 Å². The first kappa shape index (κ1) is 13.7. The molecular weight excluding hydrogens is 264 g/mol. The van der Waals surface area contributed by atoms with E-state index in [1.807, 2.05) is 0 Å². The van der Waals surface area contributed by atoms with Crippen molar-refractivity contribution < 1.29 is 0 Å². The number of aryl methyl sites for hydroxylation is 2. The maximum atomic E-state index is 2.56. The molecule has 0 radical (unpaired) electrons. The summed E-state index contributed by atoms with van der Waals surface area (Å²) in [6.45, 7) is 10.1. The monoisotopic (exact) mass is 286 g/mol. The van der Waals surface area contributed by atoms with Gasteiger partial charge in [-0.2, -0.15) is 11.3 Å². The minimum Gasteiger partial charge on any atom is -0.369 e. The van der Waals surface area contributed by atoms with Gasteiger partial charge in [0, 0.05) is 38.4 Å². The summed E-state index contributed by atoms with van der Waals surface area (Å²) < 4.78 is 0. The first-order valence-corrected chi connectivity index (χ1v) is 8.22. The van der Waals surface area contributed by atoms with Crippen LogP contribution in [0.3, 0.4) is 0 Å². The zero-order valence-corrected chi connectivity index (χ0v) is 13.1. The highest BCUT2D eigenvalue weighted by atomic mass is 32.1. The summed E-state index contributed by atoms with van der Waals surface area (Å²) in [4.78, 5) is 5.09.